The van der Waals surface area contributed by atoms with Crippen LogP contribution < -0.4 is 88.4 Å². The van der Waals surface area contributed by atoms with Gasteiger partial charge in [0.25, 0.3) is 0 Å². The van der Waals surface area contributed by atoms with E-state index in [1.807, 2.05) is 0 Å². The average molecular weight is 1180 g/mol. The van der Waals surface area contributed by atoms with Crippen molar-refractivity contribution in [2.24, 2.45) is 60.8 Å². The van der Waals surface area contributed by atoms with Crippen LogP contribution in [0.25, 0.3) is 0 Å². The van der Waals surface area contributed by atoms with Crippen molar-refractivity contribution in [2.45, 2.75) is 191 Å². The SMILES string of the molecule is CCCCCCCCCC(=O)NC[C@@H]1NC(=O)[C@H](CCC(=O)CCCOCCOCC(=O)NC(CCCCN)C(N)=O)NC(=O)[C@H](CCCN=C(N)N)NC(=O)[C@H](CCCN=C(N)N)NC(=O)[C@H](CCCN=C(N)N)NC(=O)[C@H](C)NC1=O. The number of hydrogen-bond donors (Lipinski definition) is 16. The molecule has 7 atom stereocenters. The van der Waals surface area contributed by atoms with E-state index in [2.05, 4.69) is 64.4 Å². The highest BCUT2D eigenvalue weighted by atomic mass is 16.5. The van der Waals surface area contributed by atoms with Gasteiger partial charge < -0.3 is 97.9 Å². The van der Waals surface area contributed by atoms with Crippen molar-refractivity contribution in [3.8, 4) is 0 Å². The molecule has 0 saturated carbocycles. The van der Waals surface area contributed by atoms with E-state index >= 15 is 0 Å². The standard InChI is InChI=1S/C52H97N19O12/c1-3-4-5-6-7-8-9-21-41(73)64-31-40-49(81)65-33(2)44(76)67-36(18-12-25-61-50(55)56)45(77)68-37(19-13-26-62-51(57)58)46(78)69-38(20-14-27-63-52(59)60)47(79)70-39(48(80)71-40)23-22-34(72)16-15-28-82-29-30-83-32-42(74)66-35(43(54)75)17-10-11-24-53/h33,35-40H,3-32,53H2,1-2H3,(H2,54,75)(H,64,73)(H,65,81)(H,66,74)(H,67,76)(H,68,77)(H,69,78)(H,70,79)(H,71,80)(H4,55,56,61)(H4,57,58,62)(H4,59,60,63)/t33-,35?,36-,37-,38-,39-,40-/m0/s1. The first kappa shape index (κ1) is 73.6. The molecule has 0 bridgehead atoms. The minimum Gasteiger partial charge on any atom is -0.379 e. The lowest BCUT2D eigenvalue weighted by Gasteiger charge is -2.29. The summed E-state index contributed by atoms with van der Waals surface area (Å²) in [7, 11) is 0. The predicted octanol–water partition coefficient (Wildman–Crippen LogP) is -4.39. The highest BCUT2D eigenvalue weighted by Crippen LogP contribution is 2.12. The number of ketones is 1. The zero-order chi connectivity index (χ0) is 62.0. The molecule has 31 nitrogen and oxygen atoms in total. The number of unbranched alkanes of at least 4 members (excludes halogenated alkanes) is 7. The van der Waals surface area contributed by atoms with Crippen LogP contribution in [0.1, 0.15) is 149 Å². The summed E-state index contributed by atoms with van der Waals surface area (Å²) in [5.74, 6) is -7.88. The maximum absolute atomic E-state index is 14.5. The monoisotopic (exact) mass is 1180 g/mol. The first-order valence-electron chi connectivity index (χ1n) is 28.8. The number of nitrogens with one attached hydrogen (secondary N) is 8. The number of amides is 9. The Hall–Kier alpha value is -7.41. The minimum absolute atomic E-state index is 0.0170. The van der Waals surface area contributed by atoms with Gasteiger partial charge >= 0.3 is 0 Å². The average Bonchev–Trinajstić information content (AvgIpc) is 3.48. The normalized spacial score (nSPS) is 19.4. The van der Waals surface area contributed by atoms with E-state index in [0.717, 1.165) is 38.5 Å². The Morgan fingerprint density at radius 3 is 1.45 bits per heavy atom. The Morgan fingerprint density at radius 2 is 0.952 bits per heavy atom. The molecule has 9 amide bonds. The molecule has 0 aromatic carbocycles. The Morgan fingerprint density at radius 1 is 0.494 bits per heavy atom. The van der Waals surface area contributed by atoms with Crippen LogP contribution in [-0.2, 0) is 57.4 Å². The molecule has 0 spiro atoms. The summed E-state index contributed by atoms with van der Waals surface area (Å²) in [4.78, 5) is 148. The van der Waals surface area contributed by atoms with E-state index in [1.54, 1.807) is 0 Å². The lowest BCUT2D eigenvalue weighted by Crippen LogP contribution is -2.62. The van der Waals surface area contributed by atoms with Gasteiger partial charge in [-0.05, 0) is 90.5 Å². The summed E-state index contributed by atoms with van der Waals surface area (Å²) in [5, 5.41) is 20.9. The molecule has 31 heteroatoms. The maximum atomic E-state index is 14.5. The Kier molecular flexibility index (Phi) is 39.2. The van der Waals surface area contributed by atoms with Crippen molar-refractivity contribution in [3.05, 3.63) is 0 Å². The summed E-state index contributed by atoms with van der Waals surface area (Å²) in [6.45, 7) is 3.41. The lowest BCUT2D eigenvalue weighted by atomic mass is 10.0. The minimum atomic E-state index is -1.55. The summed E-state index contributed by atoms with van der Waals surface area (Å²) in [6, 6.07) is -9.41. The van der Waals surface area contributed by atoms with Crippen molar-refractivity contribution in [1.82, 2.24) is 42.5 Å². The van der Waals surface area contributed by atoms with E-state index in [9.17, 15) is 47.9 Å². The second kappa shape index (κ2) is 44.2. The largest absolute Gasteiger partial charge is 0.379 e. The summed E-state index contributed by atoms with van der Waals surface area (Å²) in [6.07, 6.45) is 8.24. The number of rotatable bonds is 40. The van der Waals surface area contributed by atoms with Gasteiger partial charge in [-0.15, -0.1) is 0 Å². The highest BCUT2D eigenvalue weighted by molar-refractivity contribution is 5.98. The zero-order valence-electron chi connectivity index (χ0n) is 48.6. The molecule has 1 aliphatic rings. The summed E-state index contributed by atoms with van der Waals surface area (Å²) in [5.41, 5.74) is 44.0. The highest BCUT2D eigenvalue weighted by Gasteiger charge is 2.35. The second-order valence-corrected chi connectivity index (χ2v) is 20.2. The van der Waals surface area contributed by atoms with Gasteiger partial charge in [0.2, 0.25) is 53.2 Å². The quantitative estimate of drug-likeness (QED) is 0.0156. The predicted molar refractivity (Wildman–Crippen MR) is 312 cm³/mol. The van der Waals surface area contributed by atoms with Crippen molar-refractivity contribution in [3.63, 3.8) is 0 Å². The van der Waals surface area contributed by atoms with Crippen LogP contribution in [0.5, 0.6) is 0 Å². The smallest absolute Gasteiger partial charge is 0.246 e. The molecular weight excluding hydrogens is 1080 g/mol. The van der Waals surface area contributed by atoms with Crippen LogP contribution in [0.3, 0.4) is 0 Å². The van der Waals surface area contributed by atoms with Crippen molar-refractivity contribution in [2.75, 3.05) is 59.2 Å². The fraction of sp³-hybridized carbons (Fsp3) is 0.750. The molecule has 1 heterocycles. The van der Waals surface area contributed by atoms with Crippen molar-refractivity contribution >= 4 is 76.8 Å². The number of nitrogens with zero attached hydrogens (tertiary/aromatic N) is 3. The van der Waals surface area contributed by atoms with Gasteiger partial charge in [-0.1, -0.05) is 45.4 Å². The van der Waals surface area contributed by atoms with Crippen molar-refractivity contribution < 1.29 is 57.4 Å². The Bertz CT molecular complexity index is 2120. The van der Waals surface area contributed by atoms with Gasteiger partial charge in [0.15, 0.2) is 17.9 Å². The molecule has 0 aromatic heterocycles. The molecule has 472 valence electrons. The van der Waals surface area contributed by atoms with Crippen LogP contribution >= 0.6 is 0 Å². The molecule has 0 aromatic rings. The van der Waals surface area contributed by atoms with E-state index in [-0.39, 0.29) is 140 Å². The molecule has 24 N–H and O–H groups in total. The summed E-state index contributed by atoms with van der Waals surface area (Å²) >= 11 is 0. The molecule has 1 unspecified atom stereocenters. The van der Waals surface area contributed by atoms with Crippen LogP contribution in [0, 0.1) is 0 Å². The summed E-state index contributed by atoms with van der Waals surface area (Å²) < 4.78 is 10.9. The Balaban J connectivity index is 3.56. The molecule has 83 heavy (non-hydrogen) atoms. The van der Waals surface area contributed by atoms with E-state index in [0.29, 0.717) is 32.2 Å². The first-order valence-corrected chi connectivity index (χ1v) is 28.8. The number of guanidine groups is 3. The topological polar surface area (TPSA) is 531 Å². The third-order valence-electron chi connectivity index (χ3n) is 13.0. The van der Waals surface area contributed by atoms with Crippen LogP contribution in [0.2, 0.25) is 0 Å². The second-order valence-electron chi connectivity index (χ2n) is 20.2. The van der Waals surface area contributed by atoms with Gasteiger partial charge in [-0.2, -0.15) is 0 Å². The van der Waals surface area contributed by atoms with Crippen LogP contribution in [0.15, 0.2) is 15.0 Å². The van der Waals surface area contributed by atoms with E-state index in [1.165, 1.54) is 6.92 Å². The Labute approximate surface area is 486 Å². The van der Waals surface area contributed by atoms with Gasteiger partial charge in [-0.3, -0.25) is 62.9 Å². The number of nitrogens with two attached hydrogens (primary N) is 8. The number of aliphatic imine (C=N–C) groups is 3. The number of Topliss-reactive ketones (excluding diaryl/α,β-unsaturated/α-hetero) is 1. The first-order chi connectivity index (χ1) is 39.6. The molecule has 1 fully saturated rings. The molecule has 1 saturated heterocycles. The fourth-order valence-electron chi connectivity index (χ4n) is 8.31. The number of hydrogen-bond acceptors (Lipinski definition) is 16. The van der Waals surface area contributed by atoms with Gasteiger partial charge in [0, 0.05) is 52.0 Å². The number of carbonyl (C=O) groups excluding carboxylic acids is 10. The maximum Gasteiger partial charge on any atom is 0.246 e. The molecule has 0 aliphatic carbocycles. The van der Waals surface area contributed by atoms with Crippen LogP contribution in [0.4, 0.5) is 0 Å². The van der Waals surface area contributed by atoms with Crippen molar-refractivity contribution in [1.29, 1.82) is 0 Å². The molecule has 1 rings (SSSR count). The number of carbonyl (C=O) groups is 10. The third-order valence-corrected chi connectivity index (χ3v) is 13.0. The van der Waals surface area contributed by atoms with Gasteiger partial charge in [-0.25, -0.2) is 0 Å². The third kappa shape index (κ3) is 35.9. The fourth-order valence-corrected chi connectivity index (χ4v) is 8.31. The zero-order valence-corrected chi connectivity index (χ0v) is 48.6. The van der Waals surface area contributed by atoms with Gasteiger partial charge in [0.1, 0.15) is 54.7 Å². The molecule has 1 aliphatic heterocycles. The molecular formula is C52H97N19O12. The van der Waals surface area contributed by atoms with E-state index < -0.39 is 102 Å². The number of ether oxygens (including phenoxy) is 2. The van der Waals surface area contributed by atoms with E-state index in [4.69, 9.17) is 55.3 Å². The molecule has 0 radical (unpaired) electrons. The van der Waals surface area contributed by atoms with Crippen LogP contribution in [-0.4, -0.2) is 178 Å². The number of primary amides is 1. The van der Waals surface area contributed by atoms with Gasteiger partial charge in [0.05, 0.1) is 13.2 Å². The lowest BCUT2D eigenvalue weighted by molar-refractivity contribution is -0.137.